The van der Waals surface area contributed by atoms with Crippen LogP contribution in [0.3, 0.4) is 0 Å². The number of phenols is 3. The zero-order valence-corrected chi connectivity index (χ0v) is 17.4. The Hall–Kier alpha value is -3.63. The Balaban J connectivity index is 1.56. The van der Waals surface area contributed by atoms with Crippen LogP contribution >= 0.6 is 0 Å². The zero-order valence-electron chi connectivity index (χ0n) is 17.4. The van der Waals surface area contributed by atoms with Gasteiger partial charge in [0.05, 0.1) is 19.2 Å². The van der Waals surface area contributed by atoms with Crippen LogP contribution in [-0.4, -0.2) is 71.1 Å². The Morgan fingerprint density at radius 3 is 2.75 bits per heavy atom. The summed E-state index contributed by atoms with van der Waals surface area (Å²) in [6.45, 7) is 2.31. The average Bonchev–Trinajstić information content (AvgIpc) is 2.75. The highest BCUT2D eigenvalue weighted by Crippen LogP contribution is 2.50. The normalized spacial score (nSPS) is 18.2. The molecule has 1 fully saturated rings. The second-order valence-corrected chi connectivity index (χ2v) is 7.42. The van der Waals surface area contributed by atoms with Gasteiger partial charge in [-0.05, 0) is 24.3 Å². The smallest absolute Gasteiger partial charge is 0.234 e. The number of nitrogens with zero attached hydrogens (tertiary/aromatic N) is 1. The molecule has 10 heteroatoms. The first-order valence-corrected chi connectivity index (χ1v) is 10.0. The summed E-state index contributed by atoms with van der Waals surface area (Å²) in [6, 6.07) is 5.63. The van der Waals surface area contributed by atoms with Gasteiger partial charge < -0.3 is 40.0 Å². The lowest BCUT2D eigenvalue weighted by Crippen LogP contribution is -2.48. The highest BCUT2D eigenvalue weighted by Gasteiger charge is 2.30. The Morgan fingerprint density at radius 2 is 2.03 bits per heavy atom. The van der Waals surface area contributed by atoms with Gasteiger partial charge in [-0.3, -0.25) is 9.69 Å². The summed E-state index contributed by atoms with van der Waals surface area (Å²) in [5.74, 6) is -0.302. The molecule has 1 saturated heterocycles. The van der Waals surface area contributed by atoms with Crippen LogP contribution in [0.4, 0.5) is 0 Å². The topological polar surface area (TPSA) is 141 Å². The van der Waals surface area contributed by atoms with Crippen molar-refractivity contribution in [2.45, 2.75) is 6.10 Å². The third kappa shape index (κ3) is 4.23. The fourth-order valence-corrected chi connectivity index (χ4v) is 3.67. The molecule has 170 valence electrons. The van der Waals surface area contributed by atoms with Crippen molar-refractivity contribution in [3.8, 4) is 34.5 Å². The van der Waals surface area contributed by atoms with Crippen LogP contribution in [0, 0.1) is 0 Å². The molecular weight excluding hydrogens is 420 g/mol. The number of phenolic OH excluding ortho intramolecular Hbond substituents is 3. The lowest BCUT2D eigenvalue weighted by molar-refractivity contribution is -0.124. The van der Waals surface area contributed by atoms with Crippen molar-refractivity contribution in [3.05, 3.63) is 41.5 Å². The number of aromatic hydroxyl groups is 3. The Bertz CT molecular complexity index is 1070. The number of carbonyl (C=O) groups excluding carboxylic acids is 1. The summed E-state index contributed by atoms with van der Waals surface area (Å²) in [7, 11) is 1.37. The van der Waals surface area contributed by atoms with E-state index in [1.165, 1.54) is 37.5 Å². The maximum absolute atomic E-state index is 11.5. The Morgan fingerprint density at radius 1 is 1.22 bits per heavy atom. The number of ether oxygens (including phenoxy) is 3. The minimum absolute atomic E-state index is 0.0396. The van der Waals surface area contributed by atoms with Crippen molar-refractivity contribution in [3.63, 3.8) is 0 Å². The van der Waals surface area contributed by atoms with Gasteiger partial charge in [0.1, 0.15) is 24.2 Å². The molecule has 2 aliphatic heterocycles. The van der Waals surface area contributed by atoms with Gasteiger partial charge >= 0.3 is 0 Å². The molecule has 1 unspecified atom stereocenters. The predicted molar refractivity (Wildman–Crippen MR) is 113 cm³/mol. The molecular formula is C22H24N2O8. The number of aliphatic hydroxyl groups is 1. The van der Waals surface area contributed by atoms with Crippen LogP contribution in [0.5, 0.6) is 34.5 Å². The van der Waals surface area contributed by atoms with E-state index in [0.717, 1.165) is 0 Å². The molecule has 2 aromatic rings. The molecule has 2 aliphatic rings. The number of fused-ring (bicyclic) bond motifs is 1. The number of hydrogen-bond acceptors (Lipinski definition) is 9. The lowest BCUT2D eigenvalue weighted by atomic mass is 10.0. The standard InChI is InChI=1S/C22H24N2O8/c1-30-22-18(31-7-6-24-5-4-23-19(28)11-24)10-17-20(21(22)29)15(27)9-16(32-17)12-2-3-13(25)14(26)8-12/h2-3,8-10,15,25-27,29H,4-7,11H2,1H3,(H,23,28). The third-order valence-electron chi connectivity index (χ3n) is 5.29. The minimum atomic E-state index is -1.21. The molecule has 10 nitrogen and oxygen atoms in total. The number of carbonyl (C=O) groups is 1. The number of methoxy groups -OCH3 is 1. The summed E-state index contributed by atoms with van der Waals surface area (Å²) in [4.78, 5) is 13.5. The van der Waals surface area contributed by atoms with Crippen LogP contribution in [0.15, 0.2) is 30.3 Å². The molecule has 2 heterocycles. The molecule has 0 saturated carbocycles. The van der Waals surface area contributed by atoms with Crippen LogP contribution in [-0.2, 0) is 4.79 Å². The summed E-state index contributed by atoms with van der Waals surface area (Å²) in [5, 5.41) is 43.4. The number of aliphatic hydroxyl groups excluding tert-OH is 1. The van der Waals surface area contributed by atoms with Gasteiger partial charge in [-0.25, -0.2) is 0 Å². The van der Waals surface area contributed by atoms with Crippen molar-refractivity contribution >= 4 is 11.7 Å². The SMILES string of the molecule is COc1c(OCCN2CCNC(=O)C2)cc2c(c1O)C(O)C=C(c1ccc(O)c(O)c1)O2. The number of piperazine rings is 1. The maximum Gasteiger partial charge on any atom is 0.234 e. The fraction of sp³-hybridized carbons (Fsp3) is 0.318. The van der Waals surface area contributed by atoms with E-state index in [1.54, 1.807) is 0 Å². The van der Waals surface area contributed by atoms with Crippen LogP contribution < -0.4 is 19.5 Å². The largest absolute Gasteiger partial charge is 0.504 e. The highest BCUT2D eigenvalue weighted by atomic mass is 16.5. The molecule has 5 N–H and O–H groups in total. The molecule has 0 bridgehead atoms. The summed E-state index contributed by atoms with van der Waals surface area (Å²) < 4.78 is 17.0. The molecule has 1 amide bonds. The molecule has 4 rings (SSSR count). The molecule has 1 atom stereocenters. The Kier molecular flexibility index (Phi) is 5.97. The first kappa shape index (κ1) is 21.6. The van der Waals surface area contributed by atoms with Gasteiger partial charge in [-0.15, -0.1) is 0 Å². The van der Waals surface area contributed by atoms with Gasteiger partial charge in [0.25, 0.3) is 0 Å². The zero-order chi connectivity index (χ0) is 22.8. The van der Waals surface area contributed by atoms with Crippen molar-refractivity contribution in [2.75, 3.05) is 39.9 Å². The van der Waals surface area contributed by atoms with E-state index in [-0.39, 0.29) is 58.3 Å². The number of rotatable bonds is 6. The number of nitrogens with one attached hydrogen (secondary N) is 1. The Labute approximate surface area is 183 Å². The second kappa shape index (κ2) is 8.85. The molecule has 0 radical (unpaired) electrons. The second-order valence-electron chi connectivity index (χ2n) is 7.42. The van der Waals surface area contributed by atoms with E-state index in [1.807, 2.05) is 4.90 Å². The molecule has 0 aromatic heterocycles. The maximum atomic E-state index is 11.5. The predicted octanol–water partition coefficient (Wildman–Crippen LogP) is 1.09. The van der Waals surface area contributed by atoms with Crippen LogP contribution in [0.1, 0.15) is 17.2 Å². The van der Waals surface area contributed by atoms with Crippen LogP contribution in [0.25, 0.3) is 5.76 Å². The van der Waals surface area contributed by atoms with Gasteiger partial charge in [0.15, 0.2) is 23.0 Å². The van der Waals surface area contributed by atoms with Gasteiger partial charge in [-0.2, -0.15) is 0 Å². The lowest BCUT2D eigenvalue weighted by Gasteiger charge is -2.27. The summed E-state index contributed by atoms with van der Waals surface area (Å²) >= 11 is 0. The third-order valence-corrected chi connectivity index (χ3v) is 5.29. The van der Waals surface area contributed by atoms with E-state index in [2.05, 4.69) is 5.32 Å². The summed E-state index contributed by atoms with van der Waals surface area (Å²) in [6.07, 6.45) is 0.161. The van der Waals surface area contributed by atoms with Crippen molar-refractivity contribution < 1.29 is 39.4 Å². The van der Waals surface area contributed by atoms with Gasteiger partial charge in [0, 0.05) is 31.3 Å². The molecule has 2 aromatic carbocycles. The van der Waals surface area contributed by atoms with E-state index >= 15 is 0 Å². The van der Waals surface area contributed by atoms with Gasteiger partial charge in [-0.1, -0.05) is 0 Å². The quantitative estimate of drug-likeness (QED) is 0.414. The van der Waals surface area contributed by atoms with Crippen molar-refractivity contribution in [1.29, 1.82) is 0 Å². The van der Waals surface area contributed by atoms with Crippen molar-refractivity contribution in [1.82, 2.24) is 10.2 Å². The summed E-state index contributed by atoms with van der Waals surface area (Å²) in [5.41, 5.74) is 0.541. The number of benzene rings is 2. The molecule has 0 aliphatic carbocycles. The molecule has 0 spiro atoms. The van der Waals surface area contributed by atoms with Gasteiger partial charge in [0.2, 0.25) is 11.7 Å². The average molecular weight is 444 g/mol. The van der Waals surface area contributed by atoms with E-state index in [4.69, 9.17) is 14.2 Å². The van der Waals surface area contributed by atoms with Crippen LogP contribution in [0.2, 0.25) is 0 Å². The van der Waals surface area contributed by atoms with Crippen molar-refractivity contribution in [2.24, 2.45) is 0 Å². The monoisotopic (exact) mass is 444 g/mol. The van der Waals surface area contributed by atoms with E-state index in [0.29, 0.717) is 31.7 Å². The minimum Gasteiger partial charge on any atom is -0.504 e. The van der Waals surface area contributed by atoms with E-state index in [9.17, 15) is 25.2 Å². The first-order valence-electron chi connectivity index (χ1n) is 10.0. The number of amides is 1. The van der Waals surface area contributed by atoms with E-state index < -0.39 is 6.10 Å². The highest BCUT2D eigenvalue weighted by molar-refractivity contribution is 5.78. The fourth-order valence-electron chi connectivity index (χ4n) is 3.67. The first-order chi connectivity index (χ1) is 15.4. The number of hydrogen-bond donors (Lipinski definition) is 5. The molecule has 32 heavy (non-hydrogen) atoms.